The number of aryl methyl sites for hydroxylation is 1. The number of hydrogen-bond acceptors (Lipinski definition) is 5. The zero-order chi connectivity index (χ0) is 24.5. The highest BCUT2D eigenvalue weighted by Crippen LogP contribution is 2.44. The maximum atomic E-state index is 13.2. The van der Waals surface area contributed by atoms with Crippen LogP contribution in [-0.4, -0.2) is 57.0 Å². The van der Waals surface area contributed by atoms with Crippen molar-refractivity contribution in [1.29, 1.82) is 0 Å². The maximum Gasteiger partial charge on any atom is 0.411 e. The molecule has 0 bridgehead atoms. The van der Waals surface area contributed by atoms with E-state index in [-0.39, 0.29) is 23.9 Å². The molecule has 2 aromatic carbocycles. The number of anilines is 1. The number of likely N-dealkylation sites (tertiary alicyclic amines) is 1. The third-order valence-corrected chi connectivity index (χ3v) is 6.66. The molecule has 1 fully saturated rings. The van der Waals surface area contributed by atoms with Gasteiger partial charge in [-0.15, -0.1) is 0 Å². The predicted octanol–water partition coefficient (Wildman–Crippen LogP) is 3.86. The molecule has 35 heavy (non-hydrogen) atoms. The van der Waals surface area contributed by atoms with E-state index >= 15 is 0 Å². The first-order valence-corrected chi connectivity index (χ1v) is 11.6. The summed E-state index contributed by atoms with van der Waals surface area (Å²) >= 11 is 0. The fourth-order valence-corrected chi connectivity index (χ4v) is 5.05. The number of rotatable bonds is 5. The number of nitrogens with zero attached hydrogens (tertiary/aromatic N) is 3. The van der Waals surface area contributed by atoms with E-state index in [1.54, 1.807) is 7.05 Å². The summed E-state index contributed by atoms with van der Waals surface area (Å²) in [5.41, 5.74) is 4.64. The van der Waals surface area contributed by atoms with E-state index in [1.165, 1.54) is 15.8 Å². The lowest BCUT2D eigenvalue weighted by Gasteiger charge is -2.32. The highest BCUT2D eigenvalue weighted by Gasteiger charge is 2.35. The van der Waals surface area contributed by atoms with Gasteiger partial charge in [-0.1, -0.05) is 48.5 Å². The van der Waals surface area contributed by atoms with Crippen LogP contribution in [0.3, 0.4) is 0 Å². The van der Waals surface area contributed by atoms with E-state index in [0.29, 0.717) is 13.0 Å². The molecule has 1 unspecified atom stereocenters. The first-order valence-electron chi connectivity index (χ1n) is 11.6. The van der Waals surface area contributed by atoms with Gasteiger partial charge in [0.1, 0.15) is 12.6 Å². The van der Waals surface area contributed by atoms with Gasteiger partial charge in [0.2, 0.25) is 0 Å². The van der Waals surface area contributed by atoms with Crippen LogP contribution >= 0.6 is 0 Å². The summed E-state index contributed by atoms with van der Waals surface area (Å²) in [7, 11) is 1.63. The number of nitrogens with one attached hydrogen (secondary N) is 1. The second-order valence-corrected chi connectivity index (χ2v) is 8.86. The van der Waals surface area contributed by atoms with Gasteiger partial charge in [-0.05, 0) is 41.5 Å². The predicted molar refractivity (Wildman–Crippen MR) is 128 cm³/mol. The van der Waals surface area contributed by atoms with Crippen molar-refractivity contribution in [3.8, 4) is 11.1 Å². The van der Waals surface area contributed by atoms with Crippen molar-refractivity contribution in [1.82, 2.24) is 14.7 Å². The molecule has 1 aliphatic heterocycles. The molecular weight excluding hydrogens is 448 g/mol. The van der Waals surface area contributed by atoms with Gasteiger partial charge in [0.15, 0.2) is 5.69 Å². The second-order valence-electron chi connectivity index (χ2n) is 8.86. The zero-order valence-electron chi connectivity index (χ0n) is 19.3. The van der Waals surface area contributed by atoms with E-state index in [9.17, 15) is 19.5 Å². The quantitative estimate of drug-likeness (QED) is 0.581. The van der Waals surface area contributed by atoms with Crippen molar-refractivity contribution in [2.45, 2.75) is 31.2 Å². The van der Waals surface area contributed by atoms with Gasteiger partial charge in [-0.3, -0.25) is 14.8 Å². The van der Waals surface area contributed by atoms with E-state index in [0.717, 1.165) is 35.1 Å². The fraction of sp³-hybridized carbons (Fsp3) is 0.308. The summed E-state index contributed by atoms with van der Waals surface area (Å²) in [5, 5.41) is 16.3. The number of carboxylic acids is 1. The number of piperidine rings is 1. The minimum atomic E-state index is -1.04. The van der Waals surface area contributed by atoms with Crippen LogP contribution in [0.4, 0.5) is 10.5 Å². The van der Waals surface area contributed by atoms with Gasteiger partial charge >= 0.3 is 12.1 Å². The third kappa shape index (κ3) is 4.25. The van der Waals surface area contributed by atoms with Crippen LogP contribution in [0.5, 0.6) is 0 Å². The number of hydrogen-bond donors (Lipinski definition) is 2. The van der Waals surface area contributed by atoms with E-state index < -0.39 is 24.0 Å². The Bertz CT molecular complexity index is 1250. The van der Waals surface area contributed by atoms with Gasteiger partial charge in [-0.25, -0.2) is 9.59 Å². The van der Waals surface area contributed by atoms with Gasteiger partial charge in [0.05, 0.1) is 5.69 Å². The monoisotopic (exact) mass is 474 g/mol. The molecule has 1 atom stereocenters. The Balaban J connectivity index is 1.30. The highest BCUT2D eigenvalue weighted by molar-refractivity contribution is 6.02. The van der Waals surface area contributed by atoms with Crippen molar-refractivity contribution in [3.05, 3.63) is 71.5 Å². The average Bonchev–Trinajstić information content (AvgIpc) is 3.39. The Morgan fingerprint density at radius 2 is 1.71 bits per heavy atom. The number of carboxylic acid groups (broad SMARTS) is 1. The smallest absolute Gasteiger partial charge is 0.411 e. The Kier molecular flexibility index (Phi) is 5.98. The average molecular weight is 475 g/mol. The number of fused-ring (bicyclic) bond motifs is 3. The molecule has 9 heteroatoms. The molecule has 2 amide bonds. The van der Waals surface area contributed by atoms with Crippen molar-refractivity contribution < 1.29 is 24.2 Å². The minimum absolute atomic E-state index is 0.00541. The van der Waals surface area contributed by atoms with Crippen LogP contribution in [0.25, 0.3) is 11.1 Å². The first-order chi connectivity index (χ1) is 16.9. The van der Waals surface area contributed by atoms with E-state index in [4.69, 9.17) is 4.74 Å². The summed E-state index contributed by atoms with van der Waals surface area (Å²) in [6.45, 7) is 0.466. The van der Waals surface area contributed by atoms with Crippen LogP contribution in [0.2, 0.25) is 0 Å². The van der Waals surface area contributed by atoms with Crippen molar-refractivity contribution >= 4 is 23.7 Å². The Morgan fingerprint density at radius 1 is 1.06 bits per heavy atom. The molecule has 1 aliphatic carbocycles. The van der Waals surface area contributed by atoms with Crippen LogP contribution in [0.1, 0.15) is 46.8 Å². The SMILES string of the molecule is Cn1cc(NC(=O)OCC2c3ccccc3-c3ccccc32)c(C(=O)N2CCCCC2C(=O)O)n1. The molecule has 1 saturated heterocycles. The first kappa shape index (κ1) is 22.6. The largest absolute Gasteiger partial charge is 0.480 e. The van der Waals surface area contributed by atoms with E-state index in [2.05, 4.69) is 22.5 Å². The molecule has 0 radical (unpaired) electrons. The van der Waals surface area contributed by atoms with Crippen LogP contribution in [-0.2, 0) is 16.6 Å². The summed E-state index contributed by atoms with van der Waals surface area (Å²) in [4.78, 5) is 38.9. The van der Waals surface area contributed by atoms with Gasteiger partial charge < -0.3 is 14.7 Å². The van der Waals surface area contributed by atoms with Gasteiger partial charge in [0.25, 0.3) is 5.91 Å². The number of amides is 2. The zero-order valence-corrected chi connectivity index (χ0v) is 19.3. The molecule has 180 valence electrons. The molecule has 0 spiro atoms. The molecule has 1 aromatic heterocycles. The Morgan fingerprint density at radius 3 is 2.37 bits per heavy atom. The lowest BCUT2D eigenvalue weighted by Crippen LogP contribution is -2.48. The Hall–Kier alpha value is -4.14. The van der Waals surface area contributed by atoms with Crippen molar-refractivity contribution in [3.63, 3.8) is 0 Å². The summed E-state index contributed by atoms with van der Waals surface area (Å²) in [6, 6.07) is 15.2. The van der Waals surface area contributed by atoms with Crippen LogP contribution < -0.4 is 5.32 Å². The molecule has 9 nitrogen and oxygen atoms in total. The number of carbonyl (C=O) groups is 3. The molecule has 5 rings (SSSR count). The number of aromatic nitrogens is 2. The molecule has 2 heterocycles. The topological polar surface area (TPSA) is 114 Å². The number of aliphatic carboxylic acids is 1. The molecule has 2 aliphatic rings. The van der Waals surface area contributed by atoms with Crippen molar-refractivity contribution in [2.24, 2.45) is 7.05 Å². The van der Waals surface area contributed by atoms with Crippen LogP contribution in [0, 0.1) is 0 Å². The van der Waals surface area contributed by atoms with Crippen molar-refractivity contribution in [2.75, 3.05) is 18.5 Å². The number of benzene rings is 2. The lowest BCUT2D eigenvalue weighted by atomic mass is 9.98. The number of carbonyl (C=O) groups excluding carboxylic acids is 2. The maximum absolute atomic E-state index is 13.2. The fourth-order valence-electron chi connectivity index (χ4n) is 5.05. The normalized spacial score (nSPS) is 16.9. The third-order valence-electron chi connectivity index (χ3n) is 6.66. The highest BCUT2D eigenvalue weighted by atomic mass is 16.5. The standard InChI is InChI=1S/C26H26N4O5/c1-29-14-21(23(28-29)24(31)30-13-7-6-12-22(30)25(32)33)27-26(34)35-15-20-18-10-4-2-8-16(18)17-9-3-5-11-19(17)20/h2-5,8-11,14,20,22H,6-7,12-13,15H2,1H3,(H,27,34)(H,32,33). The van der Waals surface area contributed by atoms with Gasteiger partial charge in [-0.2, -0.15) is 5.10 Å². The molecule has 2 N–H and O–H groups in total. The molecule has 3 aromatic rings. The lowest BCUT2D eigenvalue weighted by molar-refractivity contribution is -0.143. The second kappa shape index (κ2) is 9.25. The Labute approximate surface area is 202 Å². The van der Waals surface area contributed by atoms with E-state index in [1.807, 2.05) is 36.4 Å². The van der Waals surface area contributed by atoms with Crippen LogP contribution in [0.15, 0.2) is 54.7 Å². The summed E-state index contributed by atoms with van der Waals surface area (Å²) < 4.78 is 7.00. The van der Waals surface area contributed by atoms with Gasteiger partial charge in [0, 0.05) is 25.7 Å². The summed E-state index contributed by atoms with van der Waals surface area (Å²) in [5.74, 6) is -1.65. The summed E-state index contributed by atoms with van der Waals surface area (Å²) in [6.07, 6.45) is 2.66. The molecule has 0 saturated carbocycles. The number of ether oxygens (including phenoxy) is 1. The molecular formula is C26H26N4O5. The minimum Gasteiger partial charge on any atom is -0.480 e.